The lowest BCUT2D eigenvalue weighted by molar-refractivity contribution is -0.110. The fourth-order valence-corrected chi connectivity index (χ4v) is 1.16. The van der Waals surface area contributed by atoms with Crippen molar-refractivity contribution in [3.63, 3.8) is 0 Å². The van der Waals surface area contributed by atoms with Gasteiger partial charge in [0.05, 0.1) is 5.02 Å². The number of carbonyl (C=O) groups excluding carboxylic acids is 2. The molecule has 1 N–H and O–H groups in total. The average molecular weight is 261 g/mol. The molecular formula is C8H4BrClNO2. The van der Waals surface area contributed by atoms with Crippen LogP contribution in [0.25, 0.3) is 0 Å². The summed E-state index contributed by atoms with van der Waals surface area (Å²) in [4.78, 5) is 20.5. The van der Waals surface area contributed by atoms with Crippen LogP contribution in [0.1, 0.15) is 0 Å². The van der Waals surface area contributed by atoms with Crippen LogP contribution in [-0.2, 0) is 9.59 Å². The van der Waals surface area contributed by atoms with Gasteiger partial charge in [-0.3, -0.25) is 9.59 Å². The Morgan fingerprint density at radius 3 is 2.77 bits per heavy atom. The van der Waals surface area contributed by atoms with Crippen molar-refractivity contribution in [2.24, 2.45) is 0 Å². The zero-order valence-corrected chi connectivity index (χ0v) is 8.65. The Hall–Kier alpha value is -0.870. The first-order chi connectivity index (χ1) is 6.13. The Labute approximate surface area is 88.2 Å². The van der Waals surface area contributed by atoms with Gasteiger partial charge in [-0.25, -0.2) is 0 Å². The summed E-state index contributed by atoms with van der Waals surface area (Å²) in [5.74, 6) is -0.821. The molecule has 67 valence electrons. The first kappa shape index (κ1) is 10.2. The van der Waals surface area contributed by atoms with Crippen molar-refractivity contribution < 1.29 is 9.59 Å². The second kappa shape index (κ2) is 4.39. The van der Waals surface area contributed by atoms with Crippen molar-refractivity contribution in [3.05, 3.63) is 27.7 Å². The molecule has 0 spiro atoms. The number of anilines is 1. The van der Waals surface area contributed by atoms with Gasteiger partial charge in [0.25, 0.3) is 6.29 Å². The van der Waals surface area contributed by atoms with Crippen LogP contribution in [-0.4, -0.2) is 12.2 Å². The minimum absolute atomic E-state index is 0.460. The van der Waals surface area contributed by atoms with Crippen LogP contribution < -0.4 is 5.32 Å². The largest absolute Gasteiger partial charge is 0.319 e. The van der Waals surface area contributed by atoms with Gasteiger partial charge in [0.2, 0.25) is 0 Å². The van der Waals surface area contributed by atoms with Gasteiger partial charge in [-0.1, -0.05) is 11.6 Å². The molecule has 13 heavy (non-hydrogen) atoms. The van der Waals surface area contributed by atoms with E-state index >= 15 is 0 Å². The molecule has 0 saturated carbocycles. The van der Waals surface area contributed by atoms with Crippen molar-refractivity contribution in [1.82, 2.24) is 0 Å². The normalized spacial score (nSPS) is 9.38. The number of amides is 1. The molecule has 1 aromatic rings. The molecule has 1 aromatic carbocycles. The van der Waals surface area contributed by atoms with Crippen molar-refractivity contribution in [3.8, 4) is 0 Å². The molecular weight excluding hydrogens is 257 g/mol. The average Bonchev–Trinajstić information content (AvgIpc) is 2.11. The molecule has 0 aromatic heterocycles. The maximum atomic E-state index is 10.6. The van der Waals surface area contributed by atoms with Crippen LogP contribution in [0.2, 0.25) is 5.02 Å². The quantitative estimate of drug-likeness (QED) is 0.829. The van der Waals surface area contributed by atoms with Gasteiger partial charge in [0.15, 0.2) is 0 Å². The van der Waals surface area contributed by atoms with E-state index in [9.17, 15) is 9.59 Å². The van der Waals surface area contributed by atoms with Crippen molar-refractivity contribution in [2.75, 3.05) is 5.32 Å². The zero-order valence-electron chi connectivity index (χ0n) is 6.30. The Kier molecular flexibility index (Phi) is 3.45. The number of rotatable bonds is 2. The molecule has 0 aliphatic carbocycles. The van der Waals surface area contributed by atoms with Crippen LogP contribution in [0.15, 0.2) is 22.7 Å². The minimum Gasteiger partial charge on any atom is -0.319 e. The minimum atomic E-state index is -0.821. The van der Waals surface area contributed by atoms with Crippen LogP contribution in [0.5, 0.6) is 0 Å². The molecule has 0 heterocycles. The second-order valence-electron chi connectivity index (χ2n) is 2.19. The Bertz CT molecular complexity index is 354. The van der Waals surface area contributed by atoms with Crippen molar-refractivity contribution >= 4 is 45.4 Å². The highest BCUT2D eigenvalue weighted by molar-refractivity contribution is 9.10. The molecule has 0 aliphatic heterocycles. The smallest absolute Gasteiger partial charge is 0.300 e. The second-order valence-corrected chi connectivity index (χ2v) is 3.45. The molecule has 0 saturated heterocycles. The molecule has 0 fully saturated rings. The summed E-state index contributed by atoms with van der Waals surface area (Å²) < 4.78 is 0.724. The summed E-state index contributed by atoms with van der Waals surface area (Å²) >= 11 is 8.93. The SMILES string of the molecule is O=[C]C(=O)Nc1ccc(Br)c(Cl)c1. The number of carbonyl (C=O) groups is 1. The van der Waals surface area contributed by atoms with Gasteiger partial charge < -0.3 is 5.32 Å². The molecule has 3 nitrogen and oxygen atoms in total. The third-order valence-electron chi connectivity index (χ3n) is 1.27. The van der Waals surface area contributed by atoms with Gasteiger partial charge in [-0.05, 0) is 34.1 Å². The van der Waals surface area contributed by atoms with E-state index in [4.69, 9.17) is 11.6 Å². The number of nitrogens with one attached hydrogen (secondary N) is 1. The monoisotopic (exact) mass is 260 g/mol. The highest BCUT2D eigenvalue weighted by Gasteiger charge is 2.02. The van der Waals surface area contributed by atoms with Crippen molar-refractivity contribution in [2.45, 2.75) is 0 Å². The molecule has 0 aliphatic rings. The molecule has 0 atom stereocenters. The molecule has 1 amide bonds. The Balaban J connectivity index is 2.85. The summed E-state index contributed by atoms with van der Waals surface area (Å²) in [6.07, 6.45) is 1.19. The van der Waals surface area contributed by atoms with Gasteiger partial charge in [-0.15, -0.1) is 0 Å². The predicted octanol–water partition coefficient (Wildman–Crippen LogP) is 2.15. The summed E-state index contributed by atoms with van der Waals surface area (Å²) in [5, 5.41) is 2.75. The van der Waals surface area contributed by atoms with Crippen LogP contribution in [0, 0.1) is 0 Å². The lowest BCUT2D eigenvalue weighted by atomic mass is 10.3. The summed E-state index contributed by atoms with van der Waals surface area (Å²) in [5.41, 5.74) is 0.460. The van der Waals surface area contributed by atoms with Gasteiger partial charge in [-0.2, -0.15) is 0 Å². The summed E-state index contributed by atoms with van der Waals surface area (Å²) in [7, 11) is 0. The molecule has 1 rings (SSSR count). The van der Waals surface area contributed by atoms with Crippen LogP contribution in [0.4, 0.5) is 5.69 Å². The lowest BCUT2D eigenvalue weighted by Gasteiger charge is -2.01. The van der Waals surface area contributed by atoms with E-state index in [0.29, 0.717) is 10.7 Å². The summed E-state index contributed by atoms with van der Waals surface area (Å²) in [6.45, 7) is 0. The van der Waals surface area contributed by atoms with Crippen LogP contribution in [0.3, 0.4) is 0 Å². The standard InChI is InChI=1S/C8H4BrClNO2/c9-6-2-1-5(3-7(6)10)11-8(13)4-12/h1-3H,(H,11,13). The van der Waals surface area contributed by atoms with E-state index in [2.05, 4.69) is 21.2 Å². The predicted molar refractivity (Wildman–Crippen MR) is 53.5 cm³/mol. The molecule has 0 bridgehead atoms. The molecule has 0 unspecified atom stereocenters. The first-order valence-electron chi connectivity index (χ1n) is 3.27. The van der Waals surface area contributed by atoms with Crippen molar-refractivity contribution in [1.29, 1.82) is 0 Å². The highest BCUT2D eigenvalue weighted by Crippen LogP contribution is 2.25. The van der Waals surface area contributed by atoms with E-state index < -0.39 is 5.91 Å². The van der Waals surface area contributed by atoms with E-state index in [0.717, 1.165) is 4.47 Å². The number of benzene rings is 1. The number of hydrogen-bond donors (Lipinski definition) is 1. The maximum absolute atomic E-state index is 10.6. The van der Waals surface area contributed by atoms with E-state index in [1.165, 1.54) is 12.4 Å². The lowest BCUT2D eigenvalue weighted by Crippen LogP contribution is -2.11. The van der Waals surface area contributed by atoms with E-state index in [-0.39, 0.29) is 0 Å². The van der Waals surface area contributed by atoms with Crippen LogP contribution >= 0.6 is 27.5 Å². The van der Waals surface area contributed by atoms with Gasteiger partial charge in [0.1, 0.15) is 0 Å². The fourth-order valence-electron chi connectivity index (χ4n) is 0.730. The Morgan fingerprint density at radius 1 is 1.54 bits per heavy atom. The highest BCUT2D eigenvalue weighted by atomic mass is 79.9. The van der Waals surface area contributed by atoms with E-state index in [1.54, 1.807) is 12.1 Å². The maximum Gasteiger partial charge on any atom is 0.300 e. The Morgan fingerprint density at radius 2 is 2.23 bits per heavy atom. The van der Waals surface area contributed by atoms with Gasteiger partial charge >= 0.3 is 5.91 Å². The first-order valence-corrected chi connectivity index (χ1v) is 4.45. The fraction of sp³-hybridized carbons (Fsp3) is 0. The van der Waals surface area contributed by atoms with Gasteiger partial charge in [0, 0.05) is 10.2 Å². The third-order valence-corrected chi connectivity index (χ3v) is 2.50. The molecule has 1 radical (unpaired) electrons. The van der Waals surface area contributed by atoms with E-state index in [1.807, 2.05) is 0 Å². The molecule has 5 heteroatoms. The number of halogens is 2. The number of hydrogen-bond acceptors (Lipinski definition) is 2. The summed E-state index contributed by atoms with van der Waals surface area (Å²) in [6, 6.07) is 4.81. The third kappa shape index (κ3) is 2.82. The zero-order chi connectivity index (χ0) is 9.84. The topological polar surface area (TPSA) is 46.2 Å².